The molecule has 0 unspecified atom stereocenters. The third-order valence-electron chi connectivity index (χ3n) is 5.21. The molecule has 0 fully saturated rings. The van der Waals surface area contributed by atoms with Crippen LogP contribution in [0.2, 0.25) is 0 Å². The van der Waals surface area contributed by atoms with E-state index in [2.05, 4.69) is 13.2 Å². The Labute approximate surface area is 225 Å². The van der Waals surface area contributed by atoms with Crippen LogP contribution >= 0.6 is 0 Å². The van der Waals surface area contributed by atoms with E-state index in [-0.39, 0.29) is 22.5 Å². The van der Waals surface area contributed by atoms with E-state index in [0.717, 1.165) is 35.5 Å². The average molecular weight is 533 g/mol. The molecule has 0 heterocycles. The lowest BCUT2D eigenvalue weighted by atomic mass is 9.99. The number of rotatable bonds is 11. The molecule has 3 rings (SSSR count). The highest BCUT2D eigenvalue weighted by molar-refractivity contribution is 5.87. The monoisotopic (exact) mass is 532 g/mol. The van der Waals surface area contributed by atoms with Crippen molar-refractivity contribution in [1.82, 2.24) is 0 Å². The van der Waals surface area contributed by atoms with Gasteiger partial charge in [-0.1, -0.05) is 55.6 Å². The predicted molar refractivity (Wildman–Crippen MR) is 144 cm³/mol. The lowest BCUT2D eigenvalue weighted by Crippen LogP contribution is -2.00. The zero-order valence-electron chi connectivity index (χ0n) is 21.4. The lowest BCUT2D eigenvalue weighted by Gasteiger charge is -2.11. The number of carbonyl (C=O) groups is 2. The van der Waals surface area contributed by atoms with Crippen LogP contribution in [-0.2, 0) is 19.1 Å². The summed E-state index contributed by atoms with van der Waals surface area (Å²) in [6.45, 7) is 9.96. The van der Waals surface area contributed by atoms with Crippen LogP contribution in [0.4, 0.5) is 8.78 Å². The van der Waals surface area contributed by atoms with E-state index in [0.29, 0.717) is 11.3 Å². The molecule has 0 radical (unpaired) electrons. The van der Waals surface area contributed by atoms with Crippen LogP contribution in [0.25, 0.3) is 22.3 Å². The second-order valence-electron chi connectivity index (χ2n) is 8.31. The summed E-state index contributed by atoms with van der Waals surface area (Å²) in [5, 5.41) is 0. The van der Waals surface area contributed by atoms with Gasteiger partial charge in [-0.15, -0.1) is 0 Å². The van der Waals surface area contributed by atoms with Crippen molar-refractivity contribution in [2.75, 3.05) is 0 Å². The zero-order valence-corrected chi connectivity index (χ0v) is 21.4. The van der Waals surface area contributed by atoms with Crippen molar-refractivity contribution in [2.24, 2.45) is 0 Å². The van der Waals surface area contributed by atoms with E-state index in [1.54, 1.807) is 25.1 Å². The van der Waals surface area contributed by atoms with Crippen LogP contribution in [0.15, 0.2) is 116 Å². The van der Waals surface area contributed by atoms with Gasteiger partial charge in [0.1, 0.15) is 36.5 Å². The third kappa shape index (κ3) is 8.26. The van der Waals surface area contributed by atoms with Gasteiger partial charge in [0, 0.05) is 11.1 Å². The van der Waals surface area contributed by atoms with Crippen LogP contribution < -0.4 is 9.47 Å². The second-order valence-corrected chi connectivity index (χ2v) is 8.31. The minimum Gasteiger partial charge on any atom is -0.462 e. The van der Waals surface area contributed by atoms with Crippen LogP contribution in [0.5, 0.6) is 11.5 Å². The Kier molecular flexibility index (Phi) is 9.92. The molecule has 0 N–H and O–H groups in total. The maximum Gasteiger partial charge on any atom is 0.338 e. The predicted octanol–water partition coefficient (Wildman–Crippen LogP) is 7.90. The SMILES string of the molecule is C=C(C)C(=O)OC=COc1ccc(-c2ccc(-c3ccc(OC=COC(=O)C(=C)C)c(C(F)F)c3)cc2)cc1. The van der Waals surface area contributed by atoms with Gasteiger partial charge < -0.3 is 18.9 Å². The molecule has 0 aliphatic carbocycles. The summed E-state index contributed by atoms with van der Waals surface area (Å²) in [5.41, 5.74) is 3.34. The van der Waals surface area contributed by atoms with Crippen molar-refractivity contribution in [3.05, 3.63) is 122 Å². The Bertz CT molecular complexity index is 1400. The van der Waals surface area contributed by atoms with Gasteiger partial charge >= 0.3 is 11.9 Å². The third-order valence-corrected chi connectivity index (χ3v) is 5.21. The standard InChI is InChI=1S/C31H26F2O6/c1-20(2)30(34)38-17-15-36-26-12-9-23(10-13-26)22-5-7-24(8-6-22)25-11-14-28(27(19-25)29(32)33)37-16-18-39-31(35)21(3)4/h5-19,29H,1,3H2,2,4H3. The Morgan fingerprint density at radius 1 is 0.667 bits per heavy atom. The molecule has 3 aromatic rings. The van der Waals surface area contributed by atoms with Crippen molar-refractivity contribution in [3.8, 4) is 33.8 Å². The maximum absolute atomic E-state index is 13.7. The molecular weight excluding hydrogens is 506 g/mol. The van der Waals surface area contributed by atoms with E-state index >= 15 is 0 Å². The number of hydrogen-bond donors (Lipinski definition) is 0. The number of hydrogen-bond acceptors (Lipinski definition) is 6. The number of carbonyl (C=O) groups excluding carboxylic acids is 2. The highest BCUT2D eigenvalue weighted by atomic mass is 19.3. The first-order chi connectivity index (χ1) is 18.7. The van der Waals surface area contributed by atoms with Gasteiger partial charge in [-0.05, 0) is 60.4 Å². The topological polar surface area (TPSA) is 71.1 Å². The number of benzene rings is 3. The van der Waals surface area contributed by atoms with Crippen molar-refractivity contribution >= 4 is 11.9 Å². The molecule has 0 saturated heterocycles. The quantitative estimate of drug-likeness (QED) is 0.142. The van der Waals surface area contributed by atoms with Gasteiger partial charge in [-0.3, -0.25) is 0 Å². The summed E-state index contributed by atoms with van der Waals surface area (Å²) in [5.74, 6) is -0.704. The summed E-state index contributed by atoms with van der Waals surface area (Å²) in [6.07, 6.45) is 1.60. The fraction of sp³-hybridized carbons (Fsp3) is 0.0968. The molecule has 39 heavy (non-hydrogen) atoms. The summed E-state index contributed by atoms with van der Waals surface area (Å²) in [6, 6.07) is 19.1. The molecule has 0 bridgehead atoms. The van der Waals surface area contributed by atoms with Crippen molar-refractivity contribution in [1.29, 1.82) is 0 Å². The van der Waals surface area contributed by atoms with E-state index in [1.807, 2.05) is 36.4 Å². The minimum absolute atomic E-state index is 0.0564. The van der Waals surface area contributed by atoms with E-state index < -0.39 is 18.4 Å². The van der Waals surface area contributed by atoms with Gasteiger partial charge in [0.25, 0.3) is 6.43 Å². The molecule has 0 aromatic heterocycles. The molecule has 0 saturated carbocycles. The van der Waals surface area contributed by atoms with E-state index in [4.69, 9.17) is 18.9 Å². The highest BCUT2D eigenvalue weighted by Gasteiger charge is 2.16. The first kappa shape index (κ1) is 28.6. The van der Waals surface area contributed by atoms with Crippen LogP contribution in [0.1, 0.15) is 25.8 Å². The van der Waals surface area contributed by atoms with Gasteiger partial charge in [0.05, 0.1) is 5.56 Å². The fourth-order valence-electron chi connectivity index (χ4n) is 3.17. The molecule has 0 aliphatic rings. The minimum atomic E-state index is -2.78. The highest BCUT2D eigenvalue weighted by Crippen LogP contribution is 2.34. The second kappa shape index (κ2) is 13.5. The van der Waals surface area contributed by atoms with Crippen LogP contribution in [0, 0.1) is 0 Å². The molecule has 3 aromatic carbocycles. The number of alkyl halides is 2. The van der Waals surface area contributed by atoms with E-state index in [9.17, 15) is 18.4 Å². The smallest absolute Gasteiger partial charge is 0.338 e. The normalized spacial score (nSPS) is 11.0. The molecule has 0 aliphatic heterocycles. The number of ether oxygens (including phenoxy) is 4. The van der Waals surface area contributed by atoms with Gasteiger partial charge in [0.15, 0.2) is 0 Å². The summed E-state index contributed by atoms with van der Waals surface area (Å²) >= 11 is 0. The van der Waals surface area contributed by atoms with Gasteiger partial charge in [0.2, 0.25) is 0 Å². The lowest BCUT2D eigenvalue weighted by molar-refractivity contribution is -0.134. The first-order valence-corrected chi connectivity index (χ1v) is 11.6. The fourth-order valence-corrected chi connectivity index (χ4v) is 3.17. The summed E-state index contributed by atoms with van der Waals surface area (Å²) < 4.78 is 47.6. The Morgan fingerprint density at radius 3 is 1.59 bits per heavy atom. The summed E-state index contributed by atoms with van der Waals surface area (Å²) in [7, 11) is 0. The van der Waals surface area contributed by atoms with Crippen LogP contribution in [-0.4, -0.2) is 11.9 Å². The van der Waals surface area contributed by atoms with E-state index in [1.165, 1.54) is 25.3 Å². The Hall–Kier alpha value is -4.98. The summed E-state index contributed by atoms with van der Waals surface area (Å²) in [4.78, 5) is 22.7. The first-order valence-electron chi connectivity index (χ1n) is 11.6. The molecular formula is C31H26F2O6. The maximum atomic E-state index is 13.7. The number of esters is 2. The molecule has 0 amide bonds. The Morgan fingerprint density at radius 2 is 1.10 bits per heavy atom. The van der Waals surface area contributed by atoms with Crippen LogP contribution in [0.3, 0.4) is 0 Å². The molecule has 0 spiro atoms. The number of halogens is 2. The van der Waals surface area contributed by atoms with Crippen molar-refractivity contribution < 1.29 is 37.3 Å². The van der Waals surface area contributed by atoms with Crippen molar-refractivity contribution in [3.63, 3.8) is 0 Å². The average Bonchev–Trinajstić information content (AvgIpc) is 2.93. The zero-order chi connectivity index (χ0) is 28.4. The largest absolute Gasteiger partial charge is 0.462 e. The Balaban J connectivity index is 1.67. The molecule has 6 nitrogen and oxygen atoms in total. The molecule has 8 heteroatoms. The van der Waals surface area contributed by atoms with Gasteiger partial charge in [-0.25, -0.2) is 18.4 Å². The van der Waals surface area contributed by atoms with Crippen molar-refractivity contribution in [2.45, 2.75) is 20.3 Å². The molecule has 0 atom stereocenters. The van der Waals surface area contributed by atoms with Gasteiger partial charge in [-0.2, -0.15) is 0 Å². The molecule has 200 valence electrons.